The van der Waals surface area contributed by atoms with Gasteiger partial charge in [-0.2, -0.15) is 5.10 Å². The van der Waals surface area contributed by atoms with Crippen molar-refractivity contribution >= 4 is 38.9 Å². The Bertz CT molecular complexity index is 1190. The van der Waals surface area contributed by atoms with Crippen LogP contribution in [-0.2, 0) is 4.79 Å². The first-order valence-electron chi connectivity index (χ1n) is 9.56. The average molecular weight is 441 g/mol. The third-order valence-corrected chi connectivity index (χ3v) is 6.00. The topological polar surface area (TPSA) is 80.2 Å². The van der Waals surface area contributed by atoms with E-state index in [1.165, 1.54) is 36.6 Å². The molecule has 0 saturated carbocycles. The smallest absolute Gasteiger partial charge is 0.262 e. The van der Waals surface area contributed by atoms with Crippen LogP contribution in [0.1, 0.15) is 22.3 Å². The van der Waals surface area contributed by atoms with Gasteiger partial charge in [0, 0.05) is 28.3 Å². The van der Waals surface area contributed by atoms with Gasteiger partial charge in [-0.1, -0.05) is 12.1 Å². The highest BCUT2D eigenvalue weighted by Gasteiger charge is 2.24. The number of benzene rings is 2. The Hall–Kier alpha value is -3.46. The average Bonchev–Trinajstić information content (AvgIpc) is 3.44. The number of hydrogen-bond acceptors (Lipinski definition) is 6. The summed E-state index contributed by atoms with van der Waals surface area (Å²) >= 11 is 1.32. The van der Waals surface area contributed by atoms with E-state index in [2.05, 4.69) is 10.4 Å². The van der Waals surface area contributed by atoms with E-state index in [1.54, 1.807) is 24.3 Å². The molecule has 0 aliphatic carbocycles. The van der Waals surface area contributed by atoms with Crippen LogP contribution in [0.5, 0.6) is 11.5 Å². The first-order chi connectivity index (χ1) is 15.0. The minimum absolute atomic E-state index is 0.191. The molecular formula is C22H20FN3O4S. The van der Waals surface area contributed by atoms with E-state index in [-0.39, 0.29) is 18.3 Å². The van der Waals surface area contributed by atoms with E-state index >= 15 is 0 Å². The highest BCUT2D eigenvalue weighted by Crippen LogP contribution is 2.31. The highest BCUT2D eigenvalue weighted by atomic mass is 32.1. The summed E-state index contributed by atoms with van der Waals surface area (Å²) in [6.45, 7) is 0.218. The maximum atomic E-state index is 13.9. The van der Waals surface area contributed by atoms with Crippen molar-refractivity contribution in [2.45, 2.75) is 6.42 Å². The Morgan fingerprint density at radius 3 is 2.77 bits per heavy atom. The van der Waals surface area contributed by atoms with Crippen LogP contribution in [0.3, 0.4) is 0 Å². The van der Waals surface area contributed by atoms with Crippen LogP contribution in [0.2, 0.25) is 0 Å². The van der Waals surface area contributed by atoms with Crippen molar-refractivity contribution in [1.29, 1.82) is 0 Å². The number of thiophene rings is 1. The number of hydrogen-bond donors (Lipinski definition) is 1. The molecule has 2 aromatic carbocycles. The number of nitrogens with zero attached hydrogens (tertiary/aromatic N) is 2. The predicted octanol–water partition coefficient (Wildman–Crippen LogP) is 3.42. The summed E-state index contributed by atoms with van der Waals surface area (Å²) in [4.78, 5) is 25.0. The van der Waals surface area contributed by atoms with Crippen LogP contribution < -0.4 is 14.8 Å². The molecule has 160 valence electrons. The van der Waals surface area contributed by atoms with Crippen molar-refractivity contribution in [1.82, 2.24) is 10.3 Å². The lowest BCUT2D eigenvalue weighted by Gasteiger charge is -2.13. The van der Waals surface area contributed by atoms with Crippen molar-refractivity contribution in [2.75, 3.05) is 27.3 Å². The lowest BCUT2D eigenvalue weighted by atomic mass is 10.1. The van der Waals surface area contributed by atoms with Gasteiger partial charge in [-0.05, 0) is 24.3 Å². The van der Waals surface area contributed by atoms with Crippen LogP contribution in [0.25, 0.3) is 10.1 Å². The quantitative estimate of drug-likeness (QED) is 0.636. The minimum Gasteiger partial charge on any atom is -0.493 e. The van der Waals surface area contributed by atoms with E-state index in [4.69, 9.17) is 9.47 Å². The summed E-state index contributed by atoms with van der Waals surface area (Å²) in [5.41, 5.74) is 1.92. The number of carbonyl (C=O) groups excluding carboxylic acids is 2. The van der Waals surface area contributed by atoms with Crippen LogP contribution >= 0.6 is 11.3 Å². The number of rotatable bonds is 6. The molecule has 0 radical (unpaired) electrons. The van der Waals surface area contributed by atoms with Gasteiger partial charge in [0.1, 0.15) is 5.82 Å². The Morgan fingerprint density at radius 1 is 1.19 bits per heavy atom. The molecule has 1 N–H and O–H groups in total. The Balaban J connectivity index is 1.42. The van der Waals surface area contributed by atoms with Crippen molar-refractivity contribution in [3.05, 3.63) is 58.7 Å². The normalized spacial score (nSPS) is 13.3. The molecule has 1 aromatic heterocycles. The van der Waals surface area contributed by atoms with Crippen molar-refractivity contribution in [3.63, 3.8) is 0 Å². The zero-order chi connectivity index (χ0) is 22.0. The van der Waals surface area contributed by atoms with E-state index in [9.17, 15) is 14.0 Å². The summed E-state index contributed by atoms with van der Waals surface area (Å²) < 4.78 is 24.9. The third-order valence-electron chi connectivity index (χ3n) is 5.00. The van der Waals surface area contributed by atoms with Gasteiger partial charge in [-0.15, -0.1) is 11.3 Å². The zero-order valence-corrected chi connectivity index (χ0v) is 17.8. The zero-order valence-electron chi connectivity index (χ0n) is 17.0. The molecule has 2 amide bonds. The first-order valence-corrected chi connectivity index (χ1v) is 10.4. The molecule has 9 heteroatoms. The highest BCUT2D eigenvalue weighted by molar-refractivity contribution is 7.17. The molecule has 0 unspecified atom stereocenters. The number of nitrogens with one attached hydrogen (secondary N) is 1. The summed E-state index contributed by atoms with van der Waals surface area (Å²) in [6, 6.07) is 9.70. The molecule has 2 heterocycles. The molecule has 0 spiro atoms. The monoisotopic (exact) mass is 441 g/mol. The minimum atomic E-state index is -0.406. The molecule has 0 bridgehead atoms. The molecule has 0 fully saturated rings. The fourth-order valence-corrected chi connectivity index (χ4v) is 4.38. The summed E-state index contributed by atoms with van der Waals surface area (Å²) in [5, 5.41) is 11.0. The number of methoxy groups -OCH3 is 2. The van der Waals surface area contributed by atoms with Gasteiger partial charge in [0.15, 0.2) is 11.5 Å². The molecule has 3 aromatic rings. The van der Waals surface area contributed by atoms with Gasteiger partial charge in [0.05, 0.1) is 37.7 Å². The van der Waals surface area contributed by atoms with E-state index in [0.29, 0.717) is 34.7 Å². The van der Waals surface area contributed by atoms with Crippen molar-refractivity contribution in [3.8, 4) is 11.5 Å². The van der Waals surface area contributed by atoms with E-state index in [1.807, 2.05) is 11.4 Å². The molecule has 31 heavy (non-hydrogen) atoms. The number of halogens is 1. The molecule has 7 nitrogen and oxygen atoms in total. The second-order valence-corrected chi connectivity index (χ2v) is 7.71. The van der Waals surface area contributed by atoms with Gasteiger partial charge in [-0.3, -0.25) is 9.59 Å². The maximum Gasteiger partial charge on any atom is 0.262 e. The van der Waals surface area contributed by atoms with Crippen molar-refractivity contribution < 1.29 is 23.5 Å². The van der Waals surface area contributed by atoms with Gasteiger partial charge >= 0.3 is 0 Å². The number of amides is 2. The number of carbonyl (C=O) groups is 2. The second kappa shape index (κ2) is 8.73. The molecule has 0 atom stereocenters. The fourth-order valence-electron chi connectivity index (χ4n) is 3.40. The Kier molecular flexibility index (Phi) is 5.85. The Labute approximate surface area is 182 Å². The molecule has 0 saturated heterocycles. The number of ether oxygens (including phenoxy) is 2. The van der Waals surface area contributed by atoms with Gasteiger partial charge < -0.3 is 14.8 Å². The fraction of sp³-hybridized carbons (Fsp3) is 0.227. The van der Waals surface area contributed by atoms with Gasteiger partial charge in [0.2, 0.25) is 0 Å². The van der Waals surface area contributed by atoms with E-state index < -0.39 is 5.91 Å². The van der Waals surface area contributed by atoms with Crippen LogP contribution in [0.4, 0.5) is 4.39 Å². The summed E-state index contributed by atoms with van der Waals surface area (Å²) in [6.07, 6.45) is 0.567. The summed E-state index contributed by atoms with van der Waals surface area (Å²) in [7, 11) is 2.99. The third kappa shape index (κ3) is 4.09. The molecule has 1 aliphatic rings. The first kappa shape index (κ1) is 20.8. The molecule has 1 aliphatic heterocycles. The number of hydrazone groups is 1. The molecule has 4 rings (SSSR count). The molecular weight excluding hydrogens is 421 g/mol. The summed E-state index contributed by atoms with van der Waals surface area (Å²) in [5.74, 6) is -0.0608. The lowest BCUT2D eigenvalue weighted by molar-refractivity contribution is -0.129. The van der Waals surface area contributed by atoms with Gasteiger partial charge in [-0.25, -0.2) is 9.40 Å². The van der Waals surface area contributed by atoms with Crippen LogP contribution in [-0.4, -0.2) is 49.8 Å². The van der Waals surface area contributed by atoms with Crippen molar-refractivity contribution in [2.24, 2.45) is 5.10 Å². The maximum absolute atomic E-state index is 13.9. The SMILES string of the molecule is COc1ccc(C(=O)NCC(=O)N2CCC(c3csc4c(F)cccc34)=N2)cc1OC. The van der Waals surface area contributed by atoms with Crippen LogP contribution in [0, 0.1) is 5.82 Å². The number of fused-ring (bicyclic) bond motifs is 1. The Morgan fingerprint density at radius 2 is 2.00 bits per heavy atom. The van der Waals surface area contributed by atoms with Gasteiger partial charge in [0.25, 0.3) is 11.8 Å². The van der Waals surface area contributed by atoms with Crippen LogP contribution in [0.15, 0.2) is 46.9 Å². The van der Waals surface area contributed by atoms with E-state index in [0.717, 1.165) is 16.7 Å². The largest absolute Gasteiger partial charge is 0.493 e. The second-order valence-electron chi connectivity index (χ2n) is 6.83. The predicted molar refractivity (Wildman–Crippen MR) is 117 cm³/mol. The standard InChI is InChI=1S/C22H20FN3O4S/c1-29-18-7-6-13(10-19(18)30-2)22(28)24-11-20(27)26-9-8-17(25-26)15-12-31-21-14(15)4-3-5-16(21)23/h3-7,10,12H,8-9,11H2,1-2H3,(H,24,28). The lowest BCUT2D eigenvalue weighted by Crippen LogP contribution is -2.36.